The van der Waals surface area contributed by atoms with Gasteiger partial charge >= 0.3 is 0 Å². The van der Waals surface area contributed by atoms with E-state index in [0.717, 1.165) is 6.54 Å². The third-order valence-electron chi connectivity index (χ3n) is 2.36. The molecule has 0 aromatic rings. The average Bonchev–Trinajstić information content (AvgIpc) is 2.23. The van der Waals surface area contributed by atoms with E-state index in [2.05, 4.69) is 11.9 Å². The summed E-state index contributed by atoms with van der Waals surface area (Å²) >= 11 is 0. The molecule has 0 saturated heterocycles. The molecule has 0 radical (unpaired) electrons. The summed E-state index contributed by atoms with van der Waals surface area (Å²) < 4.78 is 4.99. The summed E-state index contributed by atoms with van der Waals surface area (Å²) in [6.45, 7) is 11.9. The molecule has 0 aromatic carbocycles. The van der Waals surface area contributed by atoms with Gasteiger partial charge in [-0.3, -0.25) is 4.79 Å². The molecule has 4 heteroatoms. The highest BCUT2D eigenvalue weighted by atomic mass is 16.5. The summed E-state index contributed by atoms with van der Waals surface area (Å²) in [5.41, 5.74) is -0.536. The van der Waals surface area contributed by atoms with Crippen LogP contribution in [0.2, 0.25) is 0 Å². The largest absolute Gasteiger partial charge is 0.383 e. The molecule has 0 aliphatic rings. The molecular weight excluding hydrogens is 204 g/mol. The molecule has 0 rings (SSSR count). The Morgan fingerprint density at radius 2 is 2.19 bits per heavy atom. The Kier molecular flexibility index (Phi) is 7.01. The van der Waals surface area contributed by atoms with Crippen LogP contribution in [0.15, 0.2) is 12.7 Å². The number of methoxy groups -OCH3 is 1. The van der Waals surface area contributed by atoms with Crippen molar-refractivity contribution in [1.29, 1.82) is 0 Å². The van der Waals surface area contributed by atoms with Crippen molar-refractivity contribution in [2.45, 2.75) is 26.3 Å². The predicted molar refractivity (Wildman–Crippen MR) is 66.4 cm³/mol. The maximum absolute atomic E-state index is 12.2. The number of ether oxygens (including phenoxy) is 1. The monoisotopic (exact) mass is 228 g/mol. The highest BCUT2D eigenvalue weighted by Gasteiger charge is 2.30. The van der Waals surface area contributed by atoms with Crippen LogP contribution in [-0.4, -0.2) is 49.7 Å². The van der Waals surface area contributed by atoms with Crippen LogP contribution in [0.3, 0.4) is 0 Å². The van der Waals surface area contributed by atoms with Crippen LogP contribution < -0.4 is 5.32 Å². The van der Waals surface area contributed by atoms with Crippen LogP contribution >= 0.6 is 0 Å². The lowest BCUT2D eigenvalue weighted by atomic mass is 10.0. The van der Waals surface area contributed by atoms with E-state index >= 15 is 0 Å². The van der Waals surface area contributed by atoms with Crippen molar-refractivity contribution in [1.82, 2.24) is 10.2 Å². The van der Waals surface area contributed by atoms with Crippen LogP contribution in [-0.2, 0) is 9.53 Å². The normalized spacial score (nSPS) is 11.2. The number of hydrogen-bond donors (Lipinski definition) is 1. The zero-order valence-electron chi connectivity index (χ0n) is 10.9. The Labute approximate surface area is 98.6 Å². The van der Waals surface area contributed by atoms with Crippen molar-refractivity contribution in [3.05, 3.63) is 12.7 Å². The van der Waals surface area contributed by atoms with Crippen LogP contribution in [0, 0.1) is 0 Å². The standard InChI is InChI=1S/C12H24N2O2/c1-6-8-14(9-10-16-5)11(15)12(3,4)13-7-2/h6,13H,1,7-10H2,2-5H3. The van der Waals surface area contributed by atoms with Crippen molar-refractivity contribution in [3.8, 4) is 0 Å². The van der Waals surface area contributed by atoms with Crippen molar-refractivity contribution in [3.63, 3.8) is 0 Å². The summed E-state index contributed by atoms with van der Waals surface area (Å²) in [5.74, 6) is 0.0753. The number of hydrogen-bond acceptors (Lipinski definition) is 3. The minimum absolute atomic E-state index is 0.0753. The zero-order valence-corrected chi connectivity index (χ0v) is 10.9. The zero-order chi connectivity index (χ0) is 12.6. The second-order valence-electron chi connectivity index (χ2n) is 4.19. The molecule has 0 unspecified atom stereocenters. The number of amides is 1. The van der Waals surface area contributed by atoms with Crippen LogP contribution in [0.25, 0.3) is 0 Å². The molecule has 0 atom stereocenters. The fourth-order valence-electron chi connectivity index (χ4n) is 1.55. The molecule has 0 heterocycles. The molecule has 4 nitrogen and oxygen atoms in total. The Hall–Kier alpha value is -0.870. The molecule has 0 aromatic heterocycles. The lowest BCUT2D eigenvalue weighted by molar-refractivity contribution is -0.137. The van der Waals surface area contributed by atoms with Gasteiger partial charge in [-0.15, -0.1) is 6.58 Å². The first-order valence-electron chi connectivity index (χ1n) is 5.63. The maximum atomic E-state index is 12.2. The molecule has 0 fully saturated rings. The lowest BCUT2D eigenvalue weighted by Gasteiger charge is -2.31. The van der Waals surface area contributed by atoms with Crippen molar-refractivity contribution in [2.75, 3.05) is 33.4 Å². The maximum Gasteiger partial charge on any atom is 0.242 e. The molecule has 1 N–H and O–H groups in total. The quantitative estimate of drug-likeness (QED) is 0.631. The van der Waals surface area contributed by atoms with Gasteiger partial charge in [0.15, 0.2) is 0 Å². The molecule has 0 spiro atoms. The number of rotatable bonds is 8. The predicted octanol–water partition coefficient (Wildman–Crippen LogP) is 1.04. The Morgan fingerprint density at radius 3 is 2.62 bits per heavy atom. The molecular formula is C12H24N2O2. The number of likely N-dealkylation sites (N-methyl/N-ethyl adjacent to an activating group) is 1. The van der Waals surface area contributed by atoms with Gasteiger partial charge in [0.1, 0.15) is 0 Å². The first-order chi connectivity index (χ1) is 7.49. The summed E-state index contributed by atoms with van der Waals surface area (Å²) in [6.07, 6.45) is 1.73. The molecule has 94 valence electrons. The summed E-state index contributed by atoms with van der Waals surface area (Å²) in [6, 6.07) is 0. The fourth-order valence-corrected chi connectivity index (χ4v) is 1.55. The van der Waals surface area contributed by atoms with Crippen molar-refractivity contribution in [2.24, 2.45) is 0 Å². The summed E-state index contributed by atoms with van der Waals surface area (Å²) in [4.78, 5) is 14.0. The van der Waals surface area contributed by atoms with Gasteiger partial charge in [-0.25, -0.2) is 0 Å². The summed E-state index contributed by atoms with van der Waals surface area (Å²) in [5, 5.41) is 3.17. The molecule has 0 saturated carbocycles. The van der Waals surface area contributed by atoms with Gasteiger partial charge in [-0.1, -0.05) is 13.0 Å². The Balaban J connectivity index is 4.51. The second kappa shape index (κ2) is 7.41. The van der Waals surface area contributed by atoms with E-state index < -0.39 is 5.54 Å². The third kappa shape index (κ3) is 4.77. The van der Waals surface area contributed by atoms with E-state index in [1.807, 2.05) is 20.8 Å². The highest BCUT2D eigenvalue weighted by Crippen LogP contribution is 2.08. The van der Waals surface area contributed by atoms with E-state index in [1.54, 1.807) is 18.1 Å². The first-order valence-corrected chi connectivity index (χ1v) is 5.63. The highest BCUT2D eigenvalue weighted by molar-refractivity contribution is 5.85. The molecule has 16 heavy (non-hydrogen) atoms. The minimum atomic E-state index is -0.536. The number of nitrogens with one attached hydrogen (secondary N) is 1. The lowest BCUT2D eigenvalue weighted by Crippen LogP contribution is -2.54. The smallest absolute Gasteiger partial charge is 0.242 e. The molecule has 1 amide bonds. The van der Waals surface area contributed by atoms with Gasteiger partial charge in [0.25, 0.3) is 0 Å². The van der Waals surface area contributed by atoms with Crippen molar-refractivity contribution < 1.29 is 9.53 Å². The van der Waals surface area contributed by atoms with E-state index in [-0.39, 0.29) is 5.91 Å². The van der Waals surface area contributed by atoms with Crippen LogP contribution in [0.5, 0.6) is 0 Å². The molecule has 0 aliphatic heterocycles. The first kappa shape index (κ1) is 15.1. The summed E-state index contributed by atoms with van der Waals surface area (Å²) in [7, 11) is 1.63. The topological polar surface area (TPSA) is 41.6 Å². The van der Waals surface area contributed by atoms with Gasteiger partial charge in [0, 0.05) is 20.2 Å². The number of nitrogens with zero attached hydrogens (tertiary/aromatic N) is 1. The Morgan fingerprint density at radius 1 is 1.56 bits per heavy atom. The van der Waals surface area contributed by atoms with Gasteiger partial charge < -0.3 is 15.0 Å². The fraction of sp³-hybridized carbons (Fsp3) is 0.750. The van der Waals surface area contributed by atoms with Crippen molar-refractivity contribution >= 4 is 5.91 Å². The molecule has 0 aliphatic carbocycles. The van der Waals surface area contributed by atoms with E-state index in [9.17, 15) is 4.79 Å². The van der Waals surface area contributed by atoms with Crippen LogP contribution in [0.1, 0.15) is 20.8 Å². The number of carbonyl (C=O) groups is 1. The van der Waals surface area contributed by atoms with E-state index in [1.165, 1.54) is 0 Å². The van der Waals surface area contributed by atoms with Gasteiger partial charge in [-0.05, 0) is 20.4 Å². The van der Waals surface area contributed by atoms with Gasteiger partial charge in [0.05, 0.1) is 12.1 Å². The van der Waals surface area contributed by atoms with E-state index in [4.69, 9.17) is 4.74 Å². The number of carbonyl (C=O) groups excluding carboxylic acids is 1. The minimum Gasteiger partial charge on any atom is -0.383 e. The SMILES string of the molecule is C=CCN(CCOC)C(=O)C(C)(C)NCC. The second-order valence-corrected chi connectivity index (χ2v) is 4.19. The molecule has 0 bridgehead atoms. The van der Waals surface area contributed by atoms with Crippen LogP contribution in [0.4, 0.5) is 0 Å². The van der Waals surface area contributed by atoms with E-state index in [0.29, 0.717) is 19.7 Å². The van der Waals surface area contributed by atoms with Gasteiger partial charge in [-0.2, -0.15) is 0 Å². The third-order valence-corrected chi connectivity index (χ3v) is 2.36. The average molecular weight is 228 g/mol. The Bertz CT molecular complexity index is 227. The van der Waals surface area contributed by atoms with Gasteiger partial charge in [0.2, 0.25) is 5.91 Å².